The molecule has 0 unspecified atom stereocenters. The molecule has 4 nitrogen and oxygen atoms in total. The van der Waals surface area contributed by atoms with Crippen LogP contribution < -0.4 is 10.5 Å². The van der Waals surface area contributed by atoms with Gasteiger partial charge in [0.1, 0.15) is 5.75 Å². The third-order valence-electron chi connectivity index (χ3n) is 1.96. The molecule has 0 fully saturated rings. The maximum Gasteiger partial charge on any atom is 0.338 e. The number of benzene rings is 1. The number of hydrogen-bond acceptors (Lipinski definition) is 3. The first-order valence-electron chi connectivity index (χ1n) is 4.33. The largest absolute Gasteiger partial charge is 0.494 e. The fourth-order valence-corrected chi connectivity index (χ4v) is 1.31. The normalized spacial score (nSPS) is 9.86. The van der Waals surface area contributed by atoms with Gasteiger partial charge in [0, 0.05) is 11.3 Å². The van der Waals surface area contributed by atoms with Crippen LogP contribution in [0, 0.1) is 6.92 Å². The van der Waals surface area contributed by atoms with Crippen molar-refractivity contribution < 1.29 is 14.6 Å². The summed E-state index contributed by atoms with van der Waals surface area (Å²) in [5, 5.41) is 8.90. The molecule has 1 aromatic rings. The molecule has 0 aliphatic rings. The van der Waals surface area contributed by atoms with E-state index in [0.29, 0.717) is 17.9 Å². The van der Waals surface area contributed by atoms with E-state index >= 15 is 0 Å². The third-order valence-corrected chi connectivity index (χ3v) is 1.96. The van der Waals surface area contributed by atoms with Crippen LogP contribution in [0.25, 0.3) is 0 Å². The van der Waals surface area contributed by atoms with Crippen LogP contribution >= 0.6 is 0 Å². The molecular formula is C10H13NO3. The highest BCUT2D eigenvalue weighted by atomic mass is 16.5. The highest BCUT2D eigenvalue weighted by Gasteiger charge is 2.14. The maximum atomic E-state index is 10.9. The Kier molecular flexibility index (Phi) is 2.96. The summed E-state index contributed by atoms with van der Waals surface area (Å²) in [4.78, 5) is 10.9. The summed E-state index contributed by atoms with van der Waals surface area (Å²) in [6.45, 7) is 4.03. The molecule has 0 saturated heterocycles. The van der Waals surface area contributed by atoms with E-state index in [0.717, 1.165) is 0 Å². The number of carbonyl (C=O) groups is 1. The third kappa shape index (κ3) is 1.79. The molecule has 14 heavy (non-hydrogen) atoms. The molecule has 0 saturated carbocycles. The minimum atomic E-state index is -1.03. The molecule has 0 bridgehead atoms. The summed E-state index contributed by atoms with van der Waals surface area (Å²) in [7, 11) is 0. The molecule has 76 valence electrons. The van der Waals surface area contributed by atoms with E-state index in [9.17, 15) is 4.79 Å². The Morgan fingerprint density at radius 2 is 2.21 bits per heavy atom. The average molecular weight is 195 g/mol. The van der Waals surface area contributed by atoms with Crippen molar-refractivity contribution in [2.45, 2.75) is 13.8 Å². The number of rotatable bonds is 3. The minimum Gasteiger partial charge on any atom is -0.494 e. The molecular weight excluding hydrogens is 182 g/mol. The van der Waals surface area contributed by atoms with Gasteiger partial charge in [-0.1, -0.05) is 0 Å². The molecule has 0 spiro atoms. The van der Waals surface area contributed by atoms with Gasteiger partial charge in [-0.2, -0.15) is 0 Å². The Bertz CT molecular complexity index is 361. The first-order valence-corrected chi connectivity index (χ1v) is 4.33. The first kappa shape index (κ1) is 10.4. The van der Waals surface area contributed by atoms with Crippen molar-refractivity contribution in [2.24, 2.45) is 0 Å². The molecule has 0 atom stereocenters. The lowest BCUT2D eigenvalue weighted by Crippen LogP contribution is -2.07. The van der Waals surface area contributed by atoms with E-state index in [-0.39, 0.29) is 11.3 Å². The zero-order valence-electron chi connectivity index (χ0n) is 8.20. The molecule has 0 heterocycles. The second-order valence-electron chi connectivity index (χ2n) is 2.89. The van der Waals surface area contributed by atoms with Crippen LogP contribution in [0.3, 0.4) is 0 Å². The molecule has 0 radical (unpaired) electrons. The Hall–Kier alpha value is -1.71. The Labute approximate surface area is 82.3 Å². The van der Waals surface area contributed by atoms with Crippen LogP contribution in [0.15, 0.2) is 12.1 Å². The van der Waals surface area contributed by atoms with E-state index in [2.05, 4.69) is 0 Å². The van der Waals surface area contributed by atoms with Gasteiger partial charge >= 0.3 is 5.97 Å². The first-order chi connectivity index (χ1) is 6.57. The van der Waals surface area contributed by atoms with Gasteiger partial charge in [-0.3, -0.25) is 0 Å². The monoisotopic (exact) mass is 195 g/mol. The topological polar surface area (TPSA) is 72.5 Å². The Morgan fingerprint density at radius 3 is 2.71 bits per heavy atom. The number of anilines is 1. The van der Waals surface area contributed by atoms with Crippen molar-refractivity contribution in [1.29, 1.82) is 0 Å². The van der Waals surface area contributed by atoms with Crippen molar-refractivity contribution in [3.05, 3.63) is 23.3 Å². The summed E-state index contributed by atoms with van der Waals surface area (Å²) in [6, 6.07) is 3.22. The van der Waals surface area contributed by atoms with E-state index < -0.39 is 5.97 Å². The van der Waals surface area contributed by atoms with Crippen LogP contribution in [-0.2, 0) is 0 Å². The van der Waals surface area contributed by atoms with Crippen molar-refractivity contribution in [2.75, 3.05) is 12.3 Å². The summed E-state index contributed by atoms with van der Waals surface area (Å²) >= 11 is 0. The Morgan fingerprint density at radius 1 is 1.57 bits per heavy atom. The van der Waals surface area contributed by atoms with E-state index in [4.69, 9.17) is 15.6 Å². The van der Waals surface area contributed by atoms with Crippen molar-refractivity contribution in [3.8, 4) is 5.75 Å². The van der Waals surface area contributed by atoms with Crippen molar-refractivity contribution >= 4 is 11.7 Å². The maximum absolute atomic E-state index is 10.9. The van der Waals surface area contributed by atoms with Crippen molar-refractivity contribution in [3.63, 3.8) is 0 Å². The van der Waals surface area contributed by atoms with Crippen LogP contribution in [0.2, 0.25) is 0 Å². The van der Waals surface area contributed by atoms with Gasteiger partial charge in [-0.25, -0.2) is 4.79 Å². The smallest absolute Gasteiger partial charge is 0.338 e. The number of aromatic carboxylic acids is 1. The van der Waals surface area contributed by atoms with Crippen LogP contribution in [0.5, 0.6) is 5.75 Å². The fraction of sp³-hybridized carbons (Fsp3) is 0.300. The zero-order chi connectivity index (χ0) is 10.7. The molecule has 1 aromatic carbocycles. The minimum absolute atomic E-state index is 0.121. The lowest BCUT2D eigenvalue weighted by Gasteiger charge is -2.10. The van der Waals surface area contributed by atoms with Crippen LogP contribution in [-0.4, -0.2) is 17.7 Å². The molecule has 0 amide bonds. The molecule has 3 N–H and O–H groups in total. The van der Waals surface area contributed by atoms with Gasteiger partial charge in [0.15, 0.2) is 0 Å². The number of nitrogens with two attached hydrogens (primary N) is 1. The standard InChI is InChI=1S/C10H13NO3/c1-3-14-8-5-4-7(11)9(6(8)2)10(12)13/h4-5H,3,11H2,1-2H3,(H,12,13). The quantitative estimate of drug-likeness (QED) is 0.719. The molecule has 0 aliphatic carbocycles. The van der Waals surface area contributed by atoms with Crippen molar-refractivity contribution in [1.82, 2.24) is 0 Å². The van der Waals surface area contributed by atoms with Crippen LogP contribution in [0.1, 0.15) is 22.8 Å². The van der Waals surface area contributed by atoms with Gasteiger partial charge in [0.2, 0.25) is 0 Å². The summed E-state index contributed by atoms with van der Waals surface area (Å²) in [5.74, 6) is -0.458. The highest BCUT2D eigenvalue weighted by molar-refractivity contribution is 5.96. The van der Waals surface area contributed by atoms with Crippen LogP contribution in [0.4, 0.5) is 5.69 Å². The predicted molar refractivity (Wildman–Crippen MR) is 53.7 cm³/mol. The lowest BCUT2D eigenvalue weighted by molar-refractivity contribution is 0.0696. The number of hydrogen-bond donors (Lipinski definition) is 2. The van der Waals surface area contributed by atoms with E-state index in [1.54, 1.807) is 19.1 Å². The highest BCUT2D eigenvalue weighted by Crippen LogP contribution is 2.26. The van der Waals surface area contributed by atoms with E-state index in [1.165, 1.54) is 0 Å². The zero-order valence-corrected chi connectivity index (χ0v) is 8.20. The molecule has 0 aromatic heterocycles. The average Bonchev–Trinajstić information content (AvgIpc) is 2.10. The summed E-state index contributed by atoms with van der Waals surface area (Å²) < 4.78 is 5.26. The second-order valence-corrected chi connectivity index (χ2v) is 2.89. The lowest BCUT2D eigenvalue weighted by atomic mass is 10.1. The van der Waals surface area contributed by atoms with Gasteiger partial charge in [-0.05, 0) is 26.0 Å². The SMILES string of the molecule is CCOc1ccc(N)c(C(=O)O)c1C. The number of ether oxygens (including phenoxy) is 1. The predicted octanol–water partition coefficient (Wildman–Crippen LogP) is 1.67. The number of carboxylic acid groups (broad SMARTS) is 1. The fourth-order valence-electron chi connectivity index (χ4n) is 1.31. The number of nitrogen functional groups attached to an aromatic ring is 1. The van der Waals surface area contributed by atoms with Gasteiger partial charge in [-0.15, -0.1) is 0 Å². The summed E-state index contributed by atoms with van der Waals surface area (Å²) in [5.41, 5.74) is 6.50. The Balaban J connectivity index is 3.26. The molecule has 4 heteroatoms. The van der Waals surface area contributed by atoms with Gasteiger partial charge in [0.05, 0.1) is 12.2 Å². The summed E-state index contributed by atoms with van der Waals surface area (Å²) in [6.07, 6.45) is 0. The van der Waals surface area contributed by atoms with Gasteiger partial charge < -0.3 is 15.6 Å². The molecule has 0 aliphatic heterocycles. The van der Waals surface area contributed by atoms with Gasteiger partial charge in [0.25, 0.3) is 0 Å². The second kappa shape index (κ2) is 4.00. The van der Waals surface area contributed by atoms with E-state index in [1.807, 2.05) is 6.92 Å². The number of carboxylic acids is 1. The molecule has 1 rings (SSSR count).